The predicted molar refractivity (Wildman–Crippen MR) is 162 cm³/mol. The van der Waals surface area contributed by atoms with Crippen molar-refractivity contribution in [3.05, 3.63) is 100 Å². The lowest BCUT2D eigenvalue weighted by molar-refractivity contribution is -0.384. The zero-order valence-corrected chi connectivity index (χ0v) is 23.2. The Labute approximate surface area is 240 Å². The van der Waals surface area contributed by atoms with Gasteiger partial charge in [0.2, 0.25) is 5.91 Å². The Morgan fingerprint density at radius 1 is 0.878 bits per heavy atom. The van der Waals surface area contributed by atoms with Gasteiger partial charge in [-0.2, -0.15) is 0 Å². The van der Waals surface area contributed by atoms with Gasteiger partial charge >= 0.3 is 0 Å². The third-order valence-corrected chi connectivity index (χ3v) is 7.86. The molecule has 0 unspecified atom stereocenters. The van der Waals surface area contributed by atoms with E-state index in [0.717, 1.165) is 37.2 Å². The standard InChI is InChI=1S/C32H35N5O4/c1-24-15-17-35(18-16-24)29-13-8-26(23-30(29)37(40)41)32(39)33-27-9-11-28(12-10-27)34-19-21-36(22-20-34)31(38)14-7-25-5-3-2-4-6-25/h2-14,23-24H,15-22H2,1H3,(H,33,39)/b14-7+. The van der Waals surface area contributed by atoms with Gasteiger partial charge in [-0.15, -0.1) is 0 Å². The zero-order valence-electron chi connectivity index (χ0n) is 23.2. The van der Waals surface area contributed by atoms with Crippen molar-refractivity contribution in [2.45, 2.75) is 19.8 Å². The van der Waals surface area contributed by atoms with Gasteiger partial charge in [-0.25, -0.2) is 0 Å². The quantitative estimate of drug-likeness (QED) is 0.238. The van der Waals surface area contributed by atoms with Gasteiger partial charge in [-0.3, -0.25) is 19.7 Å². The van der Waals surface area contributed by atoms with E-state index in [1.165, 1.54) is 6.07 Å². The fraction of sp³-hybridized carbons (Fsp3) is 0.312. The minimum atomic E-state index is -0.411. The molecule has 2 heterocycles. The first-order chi connectivity index (χ1) is 19.9. The molecule has 5 rings (SSSR count). The third-order valence-electron chi connectivity index (χ3n) is 7.86. The lowest BCUT2D eigenvalue weighted by atomic mass is 9.98. The van der Waals surface area contributed by atoms with Crippen molar-refractivity contribution < 1.29 is 14.5 Å². The summed E-state index contributed by atoms with van der Waals surface area (Å²) in [7, 11) is 0. The number of rotatable bonds is 7. The number of hydrogen-bond acceptors (Lipinski definition) is 6. The number of nitrogens with zero attached hydrogens (tertiary/aromatic N) is 4. The van der Waals surface area contributed by atoms with E-state index in [0.29, 0.717) is 43.5 Å². The van der Waals surface area contributed by atoms with Crippen LogP contribution in [0.25, 0.3) is 6.08 Å². The van der Waals surface area contributed by atoms with Crippen LogP contribution in [0, 0.1) is 16.0 Å². The number of amides is 2. The van der Waals surface area contributed by atoms with Crippen molar-refractivity contribution in [1.82, 2.24) is 4.90 Å². The van der Waals surface area contributed by atoms with Gasteiger partial charge in [0.15, 0.2) is 0 Å². The van der Waals surface area contributed by atoms with Gasteiger partial charge in [0.05, 0.1) is 4.92 Å². The van der Waals surface area contributed by atoms with Crippen LogP contribution in [0.2, 0.25) is 0 Å². The van der Waals surface area contributed by atoms with Crippen LogP contribution in [-0.4, -0.2) is 60.9 Å². The fourth-order valence-electron chi connectivity index (χ4n) is 5.31. The van der Waals surface area contributed by atoms with E-state index in [2.05, 4.69) is 17.1 Å². The highest BCUT2D eigenvalue weighted by atomic mass is 16.6. The summed E-state index contributed by atoms with van der Waals surface area (Å²) < 4.78 is 0. The predicted octanol–water partition coefficient (Wildman–Crippen LogP) is 5.45. The summed E-state index contributed by atoms with van der Waals surface area (Å²) in [6.45, 7) is 6.42. The summed E-state index contributed by atoms with van der Waals surface area (Å²) in [6.07, 6.45) is 5.45. The Morgan fingerprint density at radius 2 is 1.56 bits per heavy atom. The third kappa shape index (κ3) is 6.92. The van der Waals surface area contributed by atoms with E-state index >= 15 is 0 Å². The first kappa shape index (κ1) is 27.9. The van der Waals surface area contributed by atoms with E-state index in [4.69, 9.17) is 0 Å². The fourth-order valence-corrected chi connectivity index (χ4v) is 5.31. The second-order valence-electron chi connectivity index (χ2n) is 10.7. The molecule has 9 nitrogen and oxygen atoms in total. The minimum absolute atomic E-state index is 0.00496. The Bertz CT molecular complexity index is 1410. The number of hydrogen-bond donors (Lipinski definition) is 1. The molecule has 2 aliphatic rings. The van der Waals surface area contributed by atoms with Gasteiger partial charge in [0, 0.05) is 68.3 Å². The second-order valence-corrected chi connectivity index (χ2v) is 10.7. The summed E-state index contributed by atoms with van der Waals surface area (Å²) in [5, 5.41) is 14.7. The van der Waals surface area contributed by atoms with Crippen LogP contribution in [0.4, 0.5) is 22.7 Å². The highest BCUT2D eigenvalue weighted by Gasteiger charge is 2.25. The molecule has 0 saturated carbocycles. The largest absolute Gasteiger partial charge is 0.368 e. The van der Waals surface area contributed by atoms with Crippen molar-refractivity contribution in [1.29, 1.82) is 0 Å². The van der Waals surface area contributed by atoms with Gasteiger partial charge in [0.25, 0.3) is 11.6 Å². The summed E-state index contributed by atoms with van der Waals surface area (Å²) >= 11 is 0. The SMILES string of the molecule is CC1CCN(c2ccc(C(=O)Nc3ccc(N4CCN(C(=O)/C=C/c5ccccc5)CC4)cc3)cc2[N+](=O)[O-])CC1. The van der Waals surface area contributed by atoms with Crippen molar-refractivity contribution in [3.63, 3.8) is 0 Å². The number of nitro benzene ring substituents is 1. The Kier molecular flexibility index (Phi) is 8.62. The molecule has 9 heteroatoms. The van der Waals surface area contributed by atoms with Crippen LogP contribution in [0.1, 0.15) is 35.7 Å². The molecule has 0 aromatic heterocycles. The summed E-state index contributed by atoms with van der Waals surface area (Å²) in [5.74, 6) is 0.226. The average molecular weight is 554 g/mol. The molecule has 0 bridgehead atoms. The molecular weight excluding hydrogens is 518 g/mol. The molecule has 2 saturated heterocycles. The van der Waals surface area contributed by atoms with Crippen LogP contribution in [-0.2, 0) is 4.79 Å². The number of carbonyl (C=O) groups excluding carboxylic acids is 2. The van der Waals surface area contributed by atoms with E-state index in [9.17, 15) is 19.7 Å². The zero-order chi connectivity index (χ0) is 28.8. The lowest BCUT2D eigenvalue weighted by Gasteiger charge is -2.35. The van der Waals surface area contributed by atoms with E-state index in [1.54, 1.807) is 18.2 Å². The molecular formula is C32H35N5O4. The van der Waals surface area contributed by atoms with E-state index in [-0.39, 0.29) is 17.2 Å². The number of anilines is 3. The maximum absolute atomic E-state index is 12.9. The number of nitrogens with one attached hydrogen (secondary N) is 1. The molecule has 0 spiro atoms. The molecule has 2 amide bonds. The molecule has 2 aliphatic heterocycles. The molecule has 3 aromatic rings. The number of carbonyl (C=O) groups is 2. The van der Waals surface area contributed by atoms with Crippen LogP contribution in [0.3, 0.4) is 0 Å². The Hall–Kier alpha value is -4.66. The number of piperazine rings is 1. The molecule has 0 aliphatic carbocycles. The molecule has 1 N–H and O–H groups in total. The van der Waals surface area contributed by atoms with Crippen molar-refractivity contribution in [2.24, 2.45) is 5.92 Å². The number of nitro groups is 1. The first-order valence-electron chi connectivity index (χ1n) is 14.1. The normalized spacial score (nSPS) is 16.2. The maximum Gasteiger partial charge on any atom is 0.293 e. The van der Waals surface area contributed by atoms with Gasteiger partial charge in [-0.1, -0.05) is 37.3 Å². The molecule has 0 atom stereocenters. The highest BCUT2D eigenvalue weighted by Crippen LogP contribution is 2.32. The summed E-state index contributed by atoms with van der Waals surface area (Å²) in [5.41, 5.74) is 3.37. The van der Waals surface area contributed by atoms with Crippen molar-refractivity contribution in [3.8, 4) is 0 Å². The number of piperidine rings is 1. The van der Waals surface area contributed by atoms with Crippen LogP contribution >= 0.6 is 0 Å². The van der Waals surface area contributed by atoms with Crippen LogP contribution < -0.4 is 15.1 Å². The topological polar surface area (TPSA) is 99.0 Å². The van der Waals surface area contributed by atoms with Crippen LogP contribution in [0.15, 0.2) is 78.9 Å². The lowest BCUT2D eigenvalue weighted by Crippen LogP contribution is -2.48. The molecule has 2 fully saturated rings. The number of benzene rings is 3. The second kappa shape index (κ2) is 12.7. The van der Waals surface area contributed by atoms with Crippen molar-refractivity contribution in [2.75, 3.05) is 54.4 Å². The monoisotopic (exact) mass is 553 g/mol. The Balaban J connectivity index is 1.16. The smallest absolute Gasteiger partial charge is 0.293 e. The first-order valence-corrected chi connectivity index (χ1v) is 14.1. The van der Waals surface area contributed by atoms with Crippen molar-refractivity contribution >= 4 is 40.6 Å². The Morgan fingerprint density at radius 3 is 2.22 bits per heavy atom. The average Bonchev–Trinajstić information content (AvgIpc) is 3.01. The minimum Gasteiger partial charge on any atom is -0.368 e. The van der Waals surface area contributed by atoms with Crippen LogP contribution in [0.5, 0.6) is 0 Å². The van der Waals surface area contributed by atoms with Gasteiger partial charge < -0.3 is 20.0 Å². The molecule has 41 heavy (non-hydrogen) atoms. The van der Waals surface area contributed by atoms with E-state index in [1.807, 2.05) is 70.5 Å². The molecule has 0 radical (unpaired) electrons. The maximum atomic E-state index is 12.9. The summed E-state index contributed by atoms with van der Waals surface area (Å²) in [6, 6.07) is 22.0. The summed E-state index contributed by atoms with van der Waals surface area (Å²) in [4.78, 5) is 43.0. The van der Waals surface area contributed by atoms with E-state index < -0.39 is 10.8 Å². The highest BCUT2D eigenvalue weighted by molar-refractivity contribution is 6.05. The van der Waals surface area contributed by atoms with Gasteiger partial charge in [-0.05, 0) is 66.8 Å². The molecule has 212 valence electrons. The van der Waals surface area contributed by atoms with Gasteiger partial charge in [0.1, 0.15) is 5.69 Å². The molecule has 3 aromatic carbocycles.